The van der Waals surface area contributed by atoms with Crippen molar-refractivity contribution in [1.29, 1.82) is 0 Å². The Balaban J connectivity index is 1.45. The highest BCUT2D eigenvalue weighted by Crippen LogP contribution is 2.17. The predicted octanol–water partition coefficient (Wildman–Crippen LogP) is 0.447. The first-order valence-corrected chi connectivity index (χ1v) is 8.78. The molecular formula is C18H22N7O+. The lowest BCUT2D eigenvalue weighted by atomic mass is 10.1. The summed E-state index contributed by atoms with van der Waals surface area (Å²) in [6, 6.07) is 4.12. The lowest BCUT2D eigenvalue weighted by Crippen LogP contribution is -2.49. The van der Waals surface area contributed by atoms with Crippen LogP contribution in [-0.4, -0.2) is 56.6 Å². The molecule has 0 aliphatic carbocycles. The average molecular weight is 352 g/mol. The molecule has 0 aromatic carbocycles. The van der Waals surface area contributed by atoms with Gasteiger partial charge in [-0.05, 0) is 13.8 Å². The van der Waals surface area contributed by atoms with Crippen LogP contribution in [0.2, 0.25) is 0 Å². The molecule has 0 radical (unpaired) electrons. The zero-order chi connectivity index (χ0) is 18.1. The molecular weight excluding hydrogens is 330 g/mol. The van der Waals surface area contributed by atoms with E-state index in [2.05, 4.69) is 37.1 Å². The molecule has 0 bridgehead atoms. The van der Waals surface area contributed by atoms with E-state index in [-0.39, 0.29) is 5.91 Å². The van der Waals surface area contributed by atoms with Gasteiger partial charge in [0, 0.05) is 61.0 Å². The number of piperazine rings is 1. The van der Waals surface area contributed by atoms with E-state index in [4.69, 9.17) is 0 Å². The highest BCUT2D eigenvalue weighted by atomic mass is 16.2. The summed E-state index contributed by atoms with van der Waals surface area (Å²) in [7, 11) is 0. The van der Waals surface area contributed by atoms with Crippen LogP contribution in [-0.2, 0) is 11.2 Å². The number of hydrogen-bond acceptors (Lipinski definition) is 5. The van der Waals surface area contributed by atoms with Gasteiger partial charge in [0.1, 0.15) is 6.33 Å². The largest absolute Gasteiger partial charge is 0.368 e. The minimum absolute atomic E-state index is 0.138. The fourth-order valence-electron chi connectivity index (χ4n) is 3.48. The highest BCUT2D eigenvalue weighted by Gasteiger charge is 2.23. The number of H-pyrrole nitrogens is 1. The first-order valence-electron chi connectivity index (χ1n) is 8.78. The van der Waals surface area contributed by atoms with Gasteiger partial charge in [0.25, 0.3) is 5.78 Å². The molecule has 4 heterocycles. The normalized spacial score (nSPS) is 14.8. The van der Waals surface area contributed by atoms with Crippen LogP contribution in [0, 0.1) is 13.8 Å². The first-order chi connectivity index (χ1) is 12.6. The van der Waals surface area contributed by atoms with E-state index in [0.717, 1.165) is 43.1 Å². The molecule has 1 saturated heterocycles. The van der Waals surface area contributed by atoms with E-state index in [1.165, 1.54) is 12.0 Å². The molecule has 1 aliphatic heterocycles. The highest BCUT2D eigenvalue weighted by molar-refractivity contribution is 5.79. The number of aromatic amines is 1. The van der Waals surface area contributed by atoms with Gasteiger partial charge in [-0.3, -0.25) is 4.79 Å². The molecule has 3 aromatic heterocycles. The van der Waals surface area contributed by atoms with E-state index in [0.29, 0.717) is 12.2 Å². The number of pyridine rings is 1. The Labute approximate surface area is 151 Å². The van der Waals surface area contributed by atoms with Gasteiger partial charge in [-0.25, -0.2) is 14.5 Å². The summed E-state index contributed by atoms with van der Waals surface area (Å²) in [6.45, 7) is 7.03. The van der Waals surface area contributed by atoms with Gasteiger partial charge in [-0.1, -0.05) is 0 Å². The van der Waals surface area contributed by atoms with Crippen LogP contribution in [0.4, 0.5) is 5.69 Å². The van der Waals surface area contributed by atoms with E-state index in [9.17, 15) is 4.79 Å². The van der Waals surface area contributed by atoms with Crippen molar-refractivity contribution in [3.8, 4) is 0 Å². The first kappa shape index (κ1) is 16.4. The number of carbonyl (C=O) groups is 1. The number of anilines is 1. The summed E-state index contributed by atoms with van der Waals surface area (Å²) in [4.78, 5) is 28.7. The lowest BCUT2D eigenvalue weighted by molar-refractivity contribution is -0.377. The molecule has 3 aromatic rings. The van der Waals surface area contributed by atoms with E-state index in [1.807, 2.05) is 31.1 Å². The van der Waals surface area contributed by atoms with Crippen molar-refractivity contribution in [3.63, 3.8) is 0 Å². The third kappa shape index (κ3) is 2.98. The molecule has 0 atom stereocenters. The maximum absolute atomic E-state index is 12.8. The van der Waals surface area contributed by atoms with Crippen LogP contribution in [0.5, 0.6) is 0 Å². The van der Waals surface area contributed by atoms with E-state index >= 15 is 0 Å². The average Bonchev–Trinajstić information content (AvgIpc) is 3.14. The number of amides is 1. The molecule has 1 N–H and O–H groups in total. The minimum atomic E-state index is 0.138. The van der Waals surface area contributed by atoms with Crippen LogP contribution in [0.25, 0.3) is 5.78 Å². The van der Waals surface area contributed by atoms with Crippen LogP contribution in [0.1, 0.15) is 17.0 Å². The van der Waals surface area contributed by atoms with Crippen LogP contribution in [0.3, 0.4) is 0 Å². The zero-order valence-corrected chi connectivity index (χ0v) is 15.0. The molecule has 1 fully saturated rings. The van der Waals surface area contributed by atoms with E-state index < -0.39 is 0 Å². The maximum Gasteiger partial charge on any atom is 0.252 e. The third-order valence-electron chi connectivity index (χ3n) is 5.01. The standard InChI is InChI=1S/C18H21N7O/c1-13-16(14(2)25-18(22-13)20-12-21-25)11-17(26)24-9-7-23(8-10-24)15-3-5-19-6-4-15/h3-6,12H,7-11H2,1-2H3/p+1. The Kier molecular flexibility index (Phi) is 4.24. The van der Waals surface area contributed by atoms with Crippen LogP contribution < -0.4 is 9.88 Å². The van der Waals surface area contributed by atoms with Crippen molar-refractivity contribution in [2.75, 3.05) is 31.1 Å². The number of carbonyl (C=O) groups excluding carboxylic acids is 1. The van der Waals surface area contributed by atoms with Crippen molar-refractivity contribution in [1.82, 2.24) is 24.5 Å². The van der Waals surface area contributed by atoms with Gasteiger partial charge in [-0.2, -0.15) is 10.1 Å². The number of aromatic nitrogens is 5. The number of hydrogen-bond donors (Lipinski definition) is 0. The fraction of sp³-hybridized carbons (Fsp3) is 0.389. The van der Waals surface area contributed by atoms with Gasteiger partial charge < -0.3 is 9.80 Å². The minimum Gasteiger partial charge on any atom is -0.368 e. The van der Waals surface area contributed by atoms with Gasteiger partial charge in [0.2, 0.25) is 5.91 Å². The summed E-state index contributed by atoms with van der Waals surface area (Å²) in [5.41, 5.74) is 3.89. The second-order valence-corrected chi connectivity index (χ2v) is 6.54. The van der Waals surface area contributed by atoms with Crippen molar-refractivity contribution in [2.24, 2.45) is 0 Å². The molecule has 1 amide bonds. The van der Waals surface area contributed by atoms with Gasteiger partial charge in [-0.15, -0.1) is 0 Å². The lowest BCUT2D eigenvalue weighted by Gasteiger charge is -2.36. The molecule has 4 rings (SSSR count). The Morgan fingerprint density at radius 1 is 1.15 bits per heavy atom. The van der Waals surface area contributed by atoms with Gasteiger partial charge in [0.15, 0.2) is 12.4 Å². The Morgan fingerprint density at radius 2 is 1.88 bits per heavy atom. The van der Waals surface area contributed by atoms with Crippen LogP contribution in [0.15, 0.2) is 30.9 Å². The molecule has 0 spiro atoms. The number of nitrogens with one attached hydrogen (secondary N) is 1. The third-order valence-corrected chi connectivity index (χ3v) is 5.01. The zero-order valence-electron chi connectivity index (χ0n) is 15.0. The quantitative estimate of drug-likeness (QED) is 0.684. The van der Waals surface area contributed by atoms with Crippen molar-refractivity contribution >= 4 is 17.4 Å². The van der Waals surface area contributed by atoms with E-state index in [1.54, 1.807) is 4.52 Å². The summed E-state index contributed by atoms with van der Waals surface area (Å²) in [5.74, 6) is 0.712. The van der Waals surface area contributed by atoms with Gasteiger partial charge in [0.05, 0.1) is 6.42 Å². The second-order valence-electron chi connectivity index (χ2n) is 6.54. The smallest absolute Gasteiger partial charge is 0.252 e. The van der Waals surface area contributed by atoms with Crippen molar-refractivity contribution < 1.29 is 9.78 Å². The Hall–Kier alpha value is -3.03. The molecule has 0 saturated carbocycles. The number of fused-ring (bicyclic) bond motifs is 1. The second kappa shape index (κ2) is 6.70. The molecule has 134 valence electrons. The number of nitrogens with zero attached hydrogens (tertiary/aromatic N) is 6. The number of rotatable bonds is 3. The SMILES string of the molecule is Cc1nc2ncnn2c(C)c1CC(=O)N1CCN(c2cc[nH+]cc2)CC1. The summed E-state index contributed by atoms with van der Waals surface area (Å²) in [6.07, 6.45) is 5.68. The molecule has 8 nitrogen and oxygen atoms in total. The monoisotopic (exact) mass is 352 g/mol. The summed E-state index contributed by atoms with van der Waals surface area (Å²) < 4.78 is 1.69. The van der Waals surface area contributed by atoms with Crippen molar-refractivity contribution in [3.05, 3.63) is 47.8 Å². The maximum atomic E-state index is 12.8. The fourth-order valence-corrected chi connectivity index (χ4v) is 3.48. The van der Waals surface area contributed by atoms with Gasteiger partial charge >= 0.3 is 0 Å². The van der Waals surface area contributed by atoms with Crippen molar-refractivity contribution in [2.45, 2.75) is 20.3 Å². The Bertz CT molecular complexity index is 929. The molecule has 1 aliphatic rings. The molecule has 8 heteroatoms. The summed E-state index contributed by atoms with van der Waals surface area (Å²) in [5, 5.41) is 4.19. The molecule has 26 heavy (non-hydrogen) atoms. The predicted molar refractivity (Wildman–Crippen MR) is 95.8 cm³/mol. The van der Waals surface area contributed by atoms with Crippen LogP contribution >= 0.6 is 0 Å². The topological polar surface area (TPSA) is 80.8 Å². The summed E-state index contributed by atoms with van der Waals surface area (Å²) >= 11 is 0. The number of aryl methyl sites for hydroxylation is 2. The molecule has 0 unspecified atom stereocenters. The Morgan fingerprint density at radius 3 is 2.62 bits per heavy atom.